The molecule has 1 N–H and O–H groups in total. The Morgan fingerprint density at radius 1 is 1.50 bits per heavy atom. The topological polar surface area (TPSA) is 75.4 Å². The molecule has 6 nitrogen and oxygen atoms in total. The number of aryl methyl sites for hydroxylation is 1. The van der Waals surface area contributed by atoms with E-state index in [-0.39, 0.29) is 5.91 Å². The van der Waals surface area contributed by atoms with Crippen molar-refractivity contribution in [2.75, 3.05) is 7.05 Å². The first kappa shape index (κ1) is 12.6. The Hall–Kier alpha value is -1.85. The molecule has 0 aliphatic carbocycles. The van der Waals surface area contributed by atoms with Crippen LogP contribution in [0.4, 0.5) is 0 Å². The quantitative estimate of drug-likeness (QED) is 0.843. The van der Waals surface area contributed by atoms with Crippen molar-refractivity contribution in [3.63, 3.8) is 0 Å². The molecule has 2 unspecified atom stereocenters. The zero-order valence-corrected chi connectivity index (χ0v) is 10.5. The number of hydrogen-bond donors (Lipinski definition) is 1. The summed E-state index contributed by atoms with van der Waals surface area (Å²) in [4.78, 5) is 28.9. The highest BCUT2D eigenvalue weighted by Crippen LogP contribution is 2.34. The number of rotatable bonds is 2. The van der Waals surface area contributed by atoms with Crippen LogP contribution in [0.3, 0.4) is 0 Å². The summed E-state index contributed by atoms with van der Waals surface area (Å²) in [5.74, 6) is -1.44. The molecule has 1 aliphatic rings. The molecule has 1 aliphatic heterocycles. The van der Waals surface area contributed by atoms with E-state index in [1.54, 1.807) is 29.0 Å². The Morgan fingerprint density at radius 3 is 2.78 bits per heavy atom. The fourth-order valence-corrected chi connectivity index (χ4v) is 2.55. The number of aromatic nitrogens is 2. The molecule has 1 amide bonds. The van der Waals surface area contributed by atoms with Gasteiger partial charge in [-0.3, -0.25) is 9.59 Å². The second kappa shape index (κ2) is 4.80. The molecule has 98 valence electrons. The van der Waals surface area contributed by atoms with E-state index in [9.17, 15) is 14.7 Å². The molecule has 0 spiro atoms. The van der Waals surface area contributed by atoms with Gasteiger partial charge in [-0.15, -0.1) is 0 Å². The van der Waals surface area contributed by atoms with Gasteiger partial charge in [-0.05, 0) is 12.8 Å². The molecule has 2 heterocycles. The number of carbonyl (C=O) groups excluding carboxylic acids is 1. The summed E-state index contributed by atoms with van der Waals surface area (Å²) in [5.41, 5.74) is 0.764. The Kier molecular flexibility index (Phi) is 3.36. The highest BCUT2D eigenvalue weighted by molar-refractivity contribution is 5.79. The highest BCUT2D eigenvalue weighted by atomic mass is 16.4. The lowest BCUT2D eigenvalue weighted by Crippen LogP contribution is -2.37. The number of aliphatic carboxylic acids is 1. The van der Waals surface area contributed by atoms with Gasteiger partial charge in [0.25, 0.3) is 0 Å². The van der Waals surface area contributed by atoms with Gasteiger partial charge in [-0.2, -0.15) is 0 Å². The normalized spacial score (nSPS) is 25.0. The van der Waals surface area contributed by atoms with E-state index in [1.165, 1.54) is 0 Å². The van der Waals surface area contributed by atoms with Crippen LogP contribution in [0.5, 0.6) is 0 Å². The molecule has 1 aromatic heterocycles. The average Bonchev–Trinajstić information content (AvgIpc) is 2.66. The molecule has 1 fully saturated rings. The first-order valence-corrected chi connectivity index (χ1v) is 5.97. The zero-order chi connectivity index (χ0) is 13.3. The van der Waals surface area contributed by atoms with Crippen molar-refractivity contribution >= 4 is 11.9 Å². The minimum atomic E-state index is -0.859. The van der Waals surface area contributed by atoms with E-state index in [4.69, 9.17) is 0 Å². The van der Waals surface area contributed by atoms with Crippen LogP contribution in [0, 0.1) is 5.92 Å². The fourth-order valence-electron chi connectivity index (χ4n) is 2.55. The smallest absolute Gasteiger partial charge is 0.309 e. The van der Waals surface area contributed by atoms with Gasteiger partial charge >= 0.3 is 5.97 Å². The van der Waals surface area contributed by atoms with Crippen molar-refractivity contribution in [3.05, 3.63) is 18.2 Å². The van der Waals surface area contributed by atoms with Crippen molar-refractivity contribution < 1.29 is 14.7 Å². The third kappa shape index (κ3) is 2.10. The van der Waals surface area contributed by atoms with Crippen LogP contribution in [0.2, 0.25) is 0 Å². The van der Waals surface area contributed by atoms with E-state index in [2.05, 4.69) is 4.98 Å². The van der Waals surface area contributed by atoms with E-state index < -0.39 is 17.9 Å². The van der Waals surface area contributed by atoms with Crippen LogP contribution in [-0.4, -0.2) is 38.5 Å². The lowest BCUT2D eigenvalue weighted by molar-refractivity contribution is -0.145. The average molecular weight is 251 g/mol. The molecule has 1 aromatic rings. The van der Waals surface area contributed by atoms with Crippen LogP contribution in [-0.2, 0) is 16.6 Å². The number of carboxylic acids is 1. The van der Waals surface area contributed by atoms with Gasteiger partial charge < -0.3 is 14.6 Å². The molecular formula is C12H17N3O3. The van der Waals surface area contributed by atoms with E-state index in [0.717, 1.165) is 5.69 Å². The van der Waals surface area contributed by atoms with Gasteiger partial charge in [0.2, 0.25) is 5.91 Å². The predicted molar refractivity (Wildman–Crippen MR) is 63.7 cm³/mol. The molecule has 2 rings (SSSR count). The molecule has 2 atom stereocenters. The third-order valence-corrected chi connectivity index (χ3v) is 3.57. The minimum absolute atomic E-state index is 0.00931. The summed E-state index contributed by atoms with van der Waals surface area (Å²) >= 11 is 0. The molecule has 0 saturated carbocycles. The molecule has 0 aromatic carbocycles. The third-order valence-electron chi connectivity index (χ3n) is 3.57. The second-order valence-electron chi connectivity index (χ2n) is 4.72. The number of carboxylic acid groups (broad SMARTS) is 1. The summed E-state index contributed by atoms with van der Waals surface area (Å²) < 4.78 is 1.77. The van der Waals surface area contributed by atoms with Crippen molar-refractivity contribution in [2.45, 2.75) is 25.3 Å². The number of nitrogens with zero attached hydrogens (tertiary/aromatic N) is 3. The summed E-state index contributed by atoms with van der Waals surface area (Å²) in [6, 6.07) is -0.440. The maximum atomic E-state index is 11.9. The Morgan fingerprint density at radius 2 is 2.22 bits per heavy atom. The maximum Gasteiger partial charge on any atom is 0.309 e. The highest BCUT2D eigenvalue weighted by Gasteiger charge is 2.38. The van der Waals surface area contributed by atoms with Crippen LogP contribution in [0.25, 0.3) is 0 Å². The van der Waals surface area contributed by atoms with E-state index in [1.807, 2.05) is 7.05 Å². The molecular weight excluding hydrogens is 234 g/mol. The number of amides is 1. The number of imidazole rings is 1. The summed E-state index contributed by atoms with van der Waals surface area (Å²) in [6.45, 7) is 0. The Bertz CT molecular complexity index is 469. The summed E-state index contributed by atoms with van der Waals surface area (Å²) in [7, 11) is 3.48. The number of likely N-dealkylation sites (tertiary alicyclic amines) is 1. The van der Waals surface area contributed by atoms with Gasteiger partial charge in [0.1, 0.15) is 0 Å². The minimum Gasteiger partial charge on any atom is -0.481 e. The fraction of sp³-hybridized carbons (Fsp3) is 0.583. The molecule has 0 radical (unpaired) electrons. The maximum absolute atomic E-state index is 11.9. The number of carbonyl (C=O) groups is 2. The standard InChI is InChI=1S/C12H17N3O3/c1-14-7-13-6-9(14)11-8(12(17)18)4-3-5-10(16)15(11)2/h6-8,11H,3-5H2,1-2H3,(H,17,18). The van der Waals surface area contributed by atoms with Crippen LogP contribution in [0.15, 0.2) is 12.5 Å². The van der Waals surface area contributed by atoms with Crippen LogP contribution in [0.1, 0.15) is 31.0 Å². The Balaban J connectivity index is 2.44. The first-order chi connectivity index (χ1) is 8.52. The SMILES string of the molecule is CN1C(=O)CCCC(C(=O)O)C1c1cncn1C. The van der Waals surface area contributed by atoms with Gasteiger partial charge in [0.15, 0.2) is 0 Å². The van der Waals surface area contributed by atoms with Crippen molar-refractivity contribution in [1.29, 1.82) is 0 Å². The lowest BCUT2D eigenvalue weighted by atomic mass is 9.93. The number of hydrogen-bond acceptors (Lipinski definition) is 3. The van der Waals surface area contributed by atoms with Crippen molar-refractivity contribution in [1.82, 2.24) is 14.5 Å². The Labute approximate surface area is 105 Å². The largest absolute Gasteiger partial charge is 0.481 e. The first-order valence-electron chi connectivity index (χ1n) is 5.97. The van der Waals surface area contributed by atoms with Crippen molar-refractivity contribution in [2.24, 2.45) is 13.0 Å². The van der Waals surface area contributed by atoms with Crippen LogP contribution >= 0.6 is 0 Å². The molecule has 18 heavy (non-hydrogen) atoms. The molecule has 0 bridgehead atoms. The molecule has 1 saturated heterocycles. The zero-order valence-electron chi connectivity index (χ0n) is 10.5. The van der Waals surface area contributed by atoms with E-state index in [0.29, 0.717) is 19.3 Å². The van der Waals surface area contributed by atoms with Crippen molar-refractivity contribution in [3.8, 4) is 0 Å². The lowest BCUT2D eigenvalue weighted by Gasteiger charge is -2.30. The molecule has 6 heteroatoms. The second-order valence-corrected chi connectivity index (χ2v) is 4.72. The summed E-state index contributed by atoms with van der Waals surface area (Å²) in [5, 5.41) is 9.36. The van der Waals surface area contributed by atoms with E-state index >= 15 is 0 Å². The van der Waals surface area contributed by atoms with Gasteiger partial charge in [-0.25, -0.2) is 4.98 Å². The van der Waals surface area contributed by atoms with Gasteiger partial charge in [0, 0.05) is 20.5 Å². The van der Waals surface area contributed by atoms with Gasteiger partial charge in [0.05, 0.1) is 30.2 Å². The predicted octanol–water partition coefficient (Wildman–Crippen LogP) is 0.804. The monoisotopic (exact) mass is 251 g/mol. The summed E-state index contributed by atoms with van der Waals surface area (Å²) in [6.07, 6.45) is 4.80. The van der Waals surface area contributed by atoms with Gasteiger partial charge in [-0.1, -0.05) is 0 Å². The van der Waals surface area contributed by atoms with Crippen LogP contribution < -0.4 is 0 Å².